The van der Waals surface area contributed by atoms with Crippen LogP contribution in [0.25, 0.3) is 0 Å². The van der Waals surface area contributed by atoms with Crippen LogP contribution in [-0.2, 0) is 11.2 Å². The Bertz CT molecular complexity index is 1230. The molecule has 1 heterocycles. The fraction of sp³-hybridized carbons (Fsp3) is 0.433. The van der Waals surface area contributed by atoms with Crippen molar-refractivity contribution >= 4 is 29.0 Å². The number of quaternary nitrogens is 1. The fourth-order valence-electron chi connectivity index (χ4n) is 5.26. The molecule has 2 aromatic carbocycles. The van der Waals surface area contributed by atoms with E-state index in [1.165, 1.54) is 26.0 Å². The maximum absolute atomic E-state index is 13.2. The summed E-state index contributed by atoms with van der Waals surface area (Å²) in [6.45, 7) is 8.01. The van der Waals surface area contributed by atoms with Gasteiger partial charge in [-0.1, -0.05) is 12.1 Å². The van der Waals surface area contributed by atoms with Gasteiger partial charge in [0.25, 0.3) is 0 Å². The lowest BCUT2D eigenvalue weighted by Gasteiger charge is -2.43. The van der Waals surface area contributed by atoms with E-state index >= 15 is 0 Å². The average Bonchev–Trinajstić information content (AvgIpc) is 2.89. The number of hydrogen-bond acceptors (Lipinski definition) is 5. The van der Waals surface area contributed by atoms with Gasteiger partial charge in [0.15, 0.2) is 23.5 Å². The molecular weight excluding hydrogens is 497 g/mol. The normalized spacial score (nSPS) is 19.2. The number of Topliss-reactive ketones (excluding diaryl/α,β-unsaturated/α-hetero) is 3. The summed E-state index contributed by atoms with van der Waals surface area (Å²) in [5, 5.41) is 14.7. The largest absolute Gasteiger partial charge is 0.325 e. The van der Waals surface area contributed by atoms with Crippen molar-refractivity contribution in [3.63, 3.8) is 0 Å². The number of nitriles is 1. The maximum atomic E-state index is 13.2. The molecule has 3 rings (SSSR count). The highest BCUT2D eigenvalue weighted by atomic mass is 19.1. The van der Waals surface area contributed by atoms with Crippen molar-refractivity contribution in [2.75, 3.05) is 38.0 Å². The van der Waals surface area contributed by atoms with Crippen LogP contribution in [0.15, 0.2) is 47.5 Å². The van der Waals surface area contributed by atoms with E-state index in [9.17, 15) is 24.0 Å². The molecule has 1 aliphatic rings. The smallest absolute Gasteiger partial charge is 0.209 e. The molecule has 0 bridgehead atoms. The lowest BCUT2D eigenvalue weighted by Crippen LogP contribution is -2.56. The zero-order chi connectivity index (χ0) is 28.4. The zero-order valence-electron chi connectivity index (χ0n) is 22.9. The molecule has 9 heteroatoms. The summed E-state index contributed by atoms with van der Waals surface area (Å²) in [5.41, 5.74) is 2.40. The van der Waals surface area contributed by atoms with E-state index in [0.29, 0.717) is 35.8 Å². The van der Waals surface area contributed by atoms with Gasteiger partial charge >= 0.3 is 0 Å². The summed E-state index contributed by atoms with van der Waals surface area (Å²) in [4.78, 5) is 40.4. The molecule has 0 atom stereocenters. The number of piperidine rings is 1. The number of carbonyl (C=O) groups excluding carboxylic acids is 3. The molecule has 206 valence electrons. The Morgan fingerprint density at radius 3 is 2.18 bits per heavy atom. The molecule has 2 N–H and O–H groups in total. The van der Waals surface area contributed by atoms with Gasteiger partial charge < -0.3 is 9.80 Å². The van der Waals surface area contributed by atoms with Gasteiger partial charge in [0, 0.05) is 36.7 Å². The zero-order valence-corrected chi connectivity index (χ0v) is 22.9. The van der Waals surface area contributed by atoms with Crippen molar-refractivity contribution in [3.05, 3.63) is 65.0 Å². The third kappa shape index (κ3) is 9.11. The molecule has 2 aromatic rings. The number of anilines is 1. The van der Waals surface area contributed by atoms with Gasteiger partial charge in [0.05, 0.1) is 19.6 Å². The predicted molar refractivity (Wildman–Crippen MR) is 149 cm³/mol. The van der Waals surface area contributed by atoms with Gasteiger partial charge in [-0.2, -0.15) is 5.26 Å². The highest BCUT2D eigenvalue weighted by Gasteiger charge is 2.34. The standard InChI is InChI=1S/C30H37FN5O3/c1-21(37)19-36(13-9-25(10-14-36)15-24-5-7-28(31)8-6-24)12-4-11-33-30(34-20-32)35-29-17-26(22(2)38)16-27(18-29)23(3)39/h5-8,16-18,25H,4,9-15,19H2,1-3H3,(H2,33,34,35)/q+1. The Hall–Kier alpha value is -3.90. The molecule has 0 saturated carbocycles. The molecule has 1 fully saturated rings. The number of likely N-dealkylation sites (tertiary alicyclic amines) is 1. The molecule has 0 amide bonds. The third-order valence-corrected chi connectivity index (χ3v) is 7.26. The van der Waals surface area contributed by atoms with E-state index in [0.717, 1.165) is 55.4 Å². The Balaban J connectivity index is 1.62. The second-order valence-electron chi connectivity index (χ2n) is 10.5. The van der Waals surface area contributed by atoms with E-state index in [1.807, 2.05) is 18.3 Å². The number of carbonyl (C=O) groups is 3. The summed E-state index contributed by atoms with van der Waals surface area (Å²) in [6.07, 6.45) is 5.51. The number of guanidine groups is 1. The minimum absolute atomic E-state index is 0.163. The third-order valence-electron chi connectivity index (χ3n) is 7.26. The molecule has 39 heavy (non-hydrogen) atoms. The summed E-state index contributed by atoms with van der Waals surface area (Å²) in [7, 11) is 0. The minimum Gasteiger partial charge on any atom is -0.325 e. The van der Waals surface area contributed by atoms with Crippen molar-refractivity contribution in [1.82, 2.24) is 5.32 Å². The number of ketones is 3. The Morgan fingerprint density at radius 2 is 1.64 bits per heavy atom. The number of aliphatic imine (C=N–C) groups is 1. The van der Waals surface area contributed by atoms with Crippen molar-refractivity contribution in [2.45, 2.75) is 46.5 Å². The van der Waals surface area contributed by atoms with Crippen LogP contribution in [0.4, 0.5) is 10.1 Å². The molecule has 0 aromatic heterocycles. The van der Waals surface area contributed by atoms with Crippen LogP contribution in [0.5, 0.6) is 0 Å². The topological polar surface area (TPSA) is 111 Å². The first-order valence-corrected chi connectivity index (χ1v) is 13.3. The van der Waals surface area contributed by atoms with Gasteiger partial charge in [0.2, 0.25) is 5.96 Å². The van der Waals surface area contributed by atoms with E-state index < -0.39 is 0 Å². The fourth-order valence-corrected chi connectivity index (χ4v) is 5.26. The highest BCUT2D eigenvalue weighted by Crippen LogP contribution is 2.27. The first-order chi connectivity index (χ1) is 18.6. The van der Waals surface area contributed by atoms with Gasteiger partial charge in [-0.25, -0.2) is 4.39 Å². The first kappa shape index (κ1) is 29.7. The number of benzene rings is 2. The van der Waals surface area contributed by atoms with E-state index in [2.05, 4.69) is 15.6 Å². The monoisotopic (exact) mass is 534 g/mol. The van der Waals surface area contributed by atoms with Crippen molar-refractivity contribution in [1.29, 1.82) is 5.26 Å². The second kappa shape index (κ2) is 13.8. The molecule has 0 spiro atoms. The van der Waals surface area contributed by atoms with Crippen molar-refractivity contribution in [3.8, 4) is 6.19 Å². The lowest BCUT2D eigenvalue weighted by atomic mass is 9.88. The molecule has 0 unspecified atom stereocenters. The van der Waals surface area contributed by atoms with Crippen LogP contribution in [0.3, 0.4) is 0 Å². The number of halogens is 1. The van der Waals surface area contributed by atoms with Crippen LogP contribution in [0.1, 0.15) is 66.3 Å². The van der Waals surface area contributed by atoms with Crippen LogP contribution in [-0.4, -0.2) is 60.5 Å². The van der Waals surface area contributed by atoms with Crippen molar-refractivity contribution < 1.29 is 23.3 Å². The summed E-state index contributed by atoms with van der Waals surface area (Å²) >= 11 is 0. The van der Waals surface area contributed by atoms with Gasteiger partial charge in [-0.15, -0.1) is 0 Å². The summed E-state index contributed by atoms with van der Waals surface area (Å²) in [5.74, 6) is 0.325. The quantitative estimate of drug-likeness (QED) is 0.0834. The van der Waals surface area contributed by atoms with Gasteiger partial charge in [-0.3, -0.25) is 24.7 Å². The molecule has 0 radical (unpaired) electrons. The van der Waals surface area contributed by atoms with Crippen LogP contribution >= 0.6 is 0 Å². The molecule has 1 aliphatic heterocycles. The summed E-state index contributed by atoms with van der Waals surface area (Å²) in [6, 6.07) is 11.5. The summed E-state index contributed by atoms with van der Waals surface area (Å²) < 4.78 is 14.0. The predicted octanol–water partition coefficient (Wildman–Crippen LogP) is 4.52. The van der Waals surface area contributed by atoms with Gasteiger partial charge in [-0.05, 0) is 74.9 Å². The number of nitrogens with zero attached hydrogens (tertiary/aromatic N) is 3. The SMILES string of the molecule is CC(=O)C[N+]1(CCCN=C(NC#N)Nc2cc(C(C)=O)cc(C(C)=O)c2)CCC(Cc2ccc(F)cc2)CC1. The maximum Gasteiger partial charge on any atom is 0.209 e. The second-order valence-corrected chi connectivity index (χ2v) is 10.5. The Labute approximate surface area is 229 Å². The number of rotatable bonds is 11. The van der Waals surface area contributed by atoms with E-state index in [4.69, 9.17) is 0 Å². The lowest BCUT2D eigenvalue weighted by molar-refractivity contribution is -0.926. The van der Waals surface area contributed by atoms with Crippen LogP contribution in [0, 0.1) is 23.2 Å². The minimum atomic E-state index is -0.226. The van der Waals surface area contributed by atoms with Crippen molar-refractivity contribution in [2.24, 2.45) is 10.9 Å². The van der Waals surface area contributed by atoms with E-state index in [-0.39, 0.29) is 29.1 Å². The van der Waals surface area contributed by atoms with Gasteiger partial charge in [0.1, 0.15) is 12.4 Å². The molecule has 1 saturated heterocycles. The number of nitrogens with one attached hydrogen (secondary N) is 2. The Morgan fingerprint density at radius 1 is 1.03 bits per heavy atom. The van der Waals surface area contributed by atoms with E-state index in [1.54, 1.807) is 25.1 Å². The van der Waals surface area contributed by atoms with Crippen LogP contribution < -0.4 is 10.6 Å². The number of hydrogen-bond donors (Lipinski definition) is 2. The molecule has 8 nitrogen and oxygen atoms in total. The molecule has 0 aliphatic carbocycles. The Kier molecular flexibility index (Phi) is 10.5. The first-order valence-electron chi connectivity index (χ1n) is 13.3. The highest BCUT2D eigenvalue weighted by molar-refractivity contribution is 6.03. The average molecular weight is 535 g/mol. The van der Waals surface area contributed by atoms with Crippen LogP contribution in [0.2, 0.25) is 0 Å². The molecular formula is C30H37FN5O3+.